The molecule has 0 saturated carbocycles. The monoisotopic (exact) mass is 494 g/mol. The summed E-state index contributed by atoms with van der Waals surface area (Å²) < 4.78 is 84.5. The van der Waals surface area contributed by atoms with Crippen molar-refractivity contribution < 1.29 is 50.5 Å². The lowest BCUT2D eigenvalue weighted by Gasteiger charge is -2.43. The van der Waals surface area contributed by atoms with Crippen molar-refractivity contribution in [2.45, 2.75) is 61.1 Å². The average molecular weight is 494 g/mol. The SMILES string of the molecule is CCC(C)(I)C(=O)OCC(=O)OC(C)(C)C(O)(C(F)(F)F)C(F)(F)F. The van der Waals surface area contributed by atoms with Crippen LogP contribution in [0.25, 0.3) is 0 Å². The molecule has 0 bridgehead atoms. The lowest BCUT2D eigenvalue weighted by Crippen LogP contribution is -2.70. The summed E-state index contributed by atoms with van der Waals surface area (Å²) in [6.45, 7) is 2.39. The first kappa shape index (κ1) is 24.2. The van der Waals surface area contributed by atoms with Gasteiger partial charge in [0.15, 0.2) is 12.2 Å². The van der Waals surface area contributed by atoms with Crippen molar-refractivity contribution in [3.05, 3.63) is 0 Å². The van der Waals surface area contributed by atoms with E-state index in [-0.39, 0.29) is 13.8 Å². The maximum atomic E-state index is 12.8. The van der Waals surface area contributed by atoms with E-state index in [1.165, 1.54) is 6.92 Å². The molecule has 5 nitrogen and oxygen atoms in total. The minimum atomic E-state index is -6.17. The van der Waals surface area contributed by atoms with Crippen LogP contribution in [-0.4, -0.2) is 50.6 Å². The summed E-state index contributed by atoms with van der Waals surface area (Å²) in [4.78, 5) is 23.2. The molecule has 0 spiro atoms. The second-order valence-corrected chi connectivity index (χ2v) is 8.20. The van der Waals surface area contributed by atoms with E-state index in [0.717, 1.165) is 0 Å². The number of alkyl halides is 7. The summed E-state index contributed by atoms with van der Waals surface area (Å²) in [6, 6.07) is 0. The Kier molecular flexibility index (Phi) is 7.21. The fourth-order valence-corrected chi connectivity index (χ4v) is 1.81. The van der Waals surface area contributed by atoms with E-state index in [1.54, 1.807) is 29.5 Å². The Bertz CT molecular complexity index is 498. The molecule has 0 aromatic heterocycles. The summed E-state index contributed by atoms with van der Waals surface area (Å²) in [5.74, 6) is -2.57. The summed E-state index contributed by atoms with van der Waals surface area (Å²) >= 11 is 1.71. The number of halogens is 7. The Morgan fingerprint density at radius 1 is 1.00 bits per heavy atom. The van der Waals surface area contributed by atoms with Crippen molar-refractivity contribution in [2.75, 3.05) is 6.61 Å². The fourth-order valence-electron chi connectivity index (χ4n) is 1.65. The van der Waals surface area contributed by atoms with Crippen molar-refractivity contribution in [3.8, 4) is 0 Å². The molecule has 12 heteroatoms. The molecule has 1 atom stereocenters. The third-order valence-electron chi connectivity index (χ3n) is 3.47. The van der Waals surface area contributed by atoms with Crippen LogP contribution in [0.4, 0.5) is 26.3 Å². The zero-order valence-corrected chi connectivity index (χ0v) is 15.8. The van der Waals surface area contributed by atoms with Crippen molar-refractivity contribution in [1.82, 2.24) is 0 Å². The molecular formula is C13H17F6IO5. The number of esters is 2. The number of carbonyl (C=O) groups excluding carboxylic acids is 2. The summed E-state index contributed by atoms with van der Waals surface area (Å²) in [5.41, 5.74) is -8.74. The van der Waals surface area contributed by atoms with Gasteiger partial charge in [0.2, 0.25) is 0 Å². The van der Waals surface area contributed by atoms with Crippen LogP contribution in [0.1, 0.15) is 34.1 Å². The third kappa shape index (κ3) is 5.11. The predicted octanol–water partition coefficient (Wildman–Crippen LogP) is 3.31. The van der Waals surface area contributed by atoms with Crippen LogP contribution >= 0.6 is 22.6 Å². The van der Waals surface area contributed by atoms with Gasteiger partial charge in [-0.05, 0) is 27.2 Å². The molecule has 0 radical (unpaired) electrons. The molecule has 0 aliphatic heterocycles. The highest BCUT2D eigenvalue weighted by Crippen LogP contribution is 2.50. The van der Waals surface area contributed by atoms with Gasteiger partial charge >= 0.3 is 24.3 Å². The van der Waals surface area contributed by atoms with E-state index in [9.17, 15) is 41.0 Å². The van der Waals surface area contributed by atoms with Gasteiger partial charge in [-0.1, -0.05) is 29.5 Å². The van der Waals surface area contributed by atoms with E-state index in [0.29, 0.717) is 6.42 Å². The first-order chi connectivity index (χ1) is 10.8. The Morgan fingerprint density at radius 3 is 1.72 bits per heavy atom. The molecule has 0 aromatic rings. The molecule has 0 rings (SSSR count). The Balaban J connectivity index is 5.30. The summed E-state index contributed by atoms with van der Waals surface area (Å²) in [5, 5.41) is 9.27. The van der Waals surface area contributed by atoms with E-state index in [4.69, 9.17) is 0 Å². The second kappa shape index (κ2) is 7.45. The number of ether oxygens (including phenoxy) is 2. The number of hydrogen-bond donors (Lipinski definition) is 1. The minimum absolute atomic E-state index is 0.252. The number of aliphatic hydroxyl groups is 1. The molecular weight excluding hydrogens is 477 g/mol. The van der Waals surface area contributed by atoms with Gasteiger partial charge in [-0.3, -0.25) is 4.79 Å². The lowest BCUT2D eigenvalue weighted by atomic mass is 9.84. The molecule has 148 valence electrons. The third-order valence-corrected chi connectivity index (χ3v) is 4.67. The van der Waals surface area contributed by atoms with Gasteiger partial charge < -0.3 is 14.6 Å². The Hall–Kier alpha value is -0.790. The zero-order valence-electron chi connectivity index (χ0n) is 13.6. The zero-order chi connectivity index (χ0) is 20.5. The quantitative estimate of drug-likeness (QED) is 0.266. The molecule has 0 fully saturated rings. The molecule has 1 unspecified atom stereocenters. The van der Waals surface area contributed by atoms with Crippen LogP contribution in [0.15, 0.2) is 0 Å². The van der Waals surface area contributed by atoms with Gasteiger partial charge in [0.25, 0.3) is 5.60 Å². The minimum Gasteiger partial charge on any atom is -0.453 e. The highest BCUT2D eigenvalue weighted by Gasteiger charge is 2.78. The normalized spacial score (nSPS) is 16.2. The highest BCUT2D eigenvalue weighted by molar-refractivity contribution is 14.1. The van der Waals surface area contributed by atoms with Crippen molar-refractivity contribution in [2.24, 2.45) is 0 Å². The second-order valence-electron chi connectivity index (χ2n) is 5.82. The molecule has 0 saturated heterocycles. The topological polar surface area (TPSA) is 72.8 Å². The first-order valence-electron chi connectivity index (χ1n) is 6.77. The molecule has 0 aromatic carbocycles. The van der Waals surface area contributed by atoms with E-state index < -0.39 is 45.5 Å². The van der Waals surface area contributed by atoms with Crippen molar-refractivity contribution in [3.63, 3.8) is 0 Å². The van der Waals surface area contributed by atoms with Crippen molar-refractivity contribution >= 4 is 34.5 Å². The Labute approximate surface area is 153 Å². The van der Waals surface area contributed by atoms with Gasteiger partial charge in [0.1, 0.15) is 3.42 Å². The van der Waals surface area contributed by atoms with Crippen LogP contribution in [0.5, 0.6) is 0 Å². The van der Waals surface area contributed by atoms with Crippen LogP contribution in [0, 0.1) is 0 Å². The van der Waals surface area contributed by atoms with Crippen LogP contribution in [-0.2, 0) is 19.1 Å². The average Bonchev–Trinajstić information content (AvgIpc) is 2.40. The standard InChI is InChI=1S/C13H17F6IO5/c1-5-10(4,20)8(22)24-6-7(21)25-9(2,3)11(23,12(14,15)16)13(17,18)19/h23H,5-6H2,1-4H3. The molecule has 0 aliphatic carbocycles. The van der Waals surface area contributed by atoms with Gasteiger partial charge in [-0.2, -0.15) is 26.3 Å². The van der Waals surface area contributed by atoms with Gasteiger partial charge in [0, 0.05) is 0 Å². The smallest absolute Gasteiger partial charge is 0.430 e. The van der Waals surface area contributed by atoms with Gasteiger partial charge in [-0.25, -0.2) is 4.79 Å². The molecule has 25 heavy (non-hydrogen) atoms. The number of hydrogen-bond acceptors (Lipinski definition) is 5. The van der Waals surface area contributed by atoms with Gasteiger partial charge in [-0.15, -0.1) is 0 Å². The lowest BCUT2D eigenvalue weighted by molar-refractivity contribution is -0.407. The first-order valence-corrected chi connectivity index (χ1v) is 7.85. The molecule has 0 heterocycles. The maximum Gasteiger partial charge on any atom is 0.430 e. The maximum absolute atomic E-state index is 12.8. The number of rotatable bonds is 6. The largest absolute Gasteiger partial charge is 0.453 e. The van der Waals surface area contributed by atoms with E-state index in [2.05, 4.69) is 9.47 Å². The predicted molar refractivity (Wildman–Crippen MR) is 80.9 cm³/mol. The van der Waals surface area contributed by atoms with Crippen LogP contribution < -0.4 is 0 Å². The Morgan fingerprint density at radius 2 is 1.40 bits per heavy atom. The highest BCUT2D eigenvalue weighted by atomic mass is 127. The fraction of sp³-hybridized carbons (Fsp3) is 0.846. The molecule has 1 N–H and O–H groups in total. The molecule has 0 amide bonds. The number of carbonyl (C=O) groups is 2. The van der Waals surface area contributed by atoms with Gasteiger partial charge in [0.05, 0.1) is 0 Å². The van der Waals surface area contributed by atoms with E-state index in [1.807, 2.05) is 0 Å². The van der Waals surface area contributed by atoms with Crippen LogP contribution in [0.2, 0.25) is 0 Å². The van der Waals surface area contributed by atoms with E-state index >= 15 is 0 Å². The molecule has 0 aliphatic rings. The summed E-state index contributed by atoms with van der Waals surface area (Å²) in [7, 11) is 0. The van der Waals surface area contributed by atoms with Crippen molar-refractivity contribution in [1.29, 1.82) is 0 Å². The summed E-state index contributed by atoms with van der Waals surface area (Å²) in [6.07, 6.45) is -12.0. The van der Waals surface area contributed by atoms with Crippen LogP contribution in [0.3, 0.4) is 0 Å².